The first kappa shape index (κ1) is 25.7. The molecule has 1 atom stereocenters. The van der Waals surface area contributed by atoms with Crippen LogP contribution in [0.2, 0.25) is 5.02 Å². The molecule has 8 heteroatoms. The monoisotopic (exact) mass is 488 g/mol. The van der Waals surface area contributed by atoms with Crippen LogP contribution in [0, 0.1) is 0 Å². The summed E-state index contributed by atoms with van der Waals surface area (Å²) in [5, 5.41) is 3.70. The summed E-state index contributed by atoms with van der Waals surface area (Å²) < 4.78 is 16.3. The maximum Gasteiger partial charge on any atom is 0.261 e. The molecule has 0 unspecified atom stereocenters. The van der Waals surface area contributed by atoms with Gasteiger partial charge < -0.3 is 24.4 Å². The van der Waals surface area contributed by atoms with Crippen LogP contribution in [0.15, 0.2) is 42.5 Å². The molecule has 0 radical (unpaired) electrons. The van der Waals surface area contributed by atoms with Gasteiger partial charge in [0.2, 0.25) is 5.91 Å². The Morgan fingerprint density at radius 3 is 2.29 bits per heavy atom. The third-order valence-electron chi connectivity index (χ3n) is 6.05. The number of carbonyl (C=O) groups excluding carboxylic acids is 2. The van der Waals surface area contributed by atoms with Gasteiger partial charge in [-0.2, -0.15) is 0 Å². The number of halogens is 1. The van der Waals surface area contributed by atoms with Crippen molar-refractivity contribution >= 4 is 23.4 Å². The summed E-state index contributed by atoms with van der Waals surface area (Å²) in [6.45, 7) is 1.75. The third kappa shape index (κ3) is 7.29. The highest BCUT2D eigenvalue weighted by molar-refractivity contribution is 6.30. The van der Waals surface area contributed by atoms with Gasteiger partial charge in [-0.1, -0.05) is 43.0 Å². The van der Waals surface area contributed by atoms with E-state index >= 15 is 0 Å². The zero-order chi connectivity index (χ0) is 24.5. The highest BCUT2D eigenvalue weighted by Gasteiger charge is 2.28. The molecule has 1 N–H and O–H groups in total. The number of benzene rings is 2. The highest BCUT2D eigenvalue weighted by Crippen LogP contribution is 2.27. The Morgan fingerprint density at radius 1 is 1.03 bits per heavy atom. The zero-order valence-electron chi connectivity index (χ0n) is 20.0. The van der Waals surface area contributed by atoms with Crippen LogP contribution in [0.3, 0.4) is 0 Å². The van der Waals surface area contributed by atoms with Crippen LogP contribution in [0.5, 0.6) is 17.2 Å². The molecular weight excluding hydrogens is 456 g/mol. The Bertz CT molecular complexity index is 955. The lowest BCUT2D eigenvalue weighted by molar-refractivity contribution is -0.142. The van der Waals surface area contributed by atoms with E-state index in [1.807, 2.05) is 12.1 Å². The molecule has 0 aromatic heterocycles. The molecule has 2 aromatic rings. The lowest BCUT2D eigenvalue weighted by Crippen LogP contribution is -2.51. The molecule has 1 fully saturated rings. The number of nitrogens with zero attached hydrogens (tertiary/aromatic N) is 1. The van der Waals surface area contributed by atoms with E-state index in [9.17, 15) is 9.59 Å². The molecule has 0 aliphatic heterocycles. The SMILES string of the molecule is COc1cc(OC)cc(OCC(=O)N(Cc2cccc(Cl)c2)[C@@H](C)C(=O)NC2CCCCC2)c1. The van der Waals surface area contributed by atoms with E-state index in [1.54, 1.807) is 51.5 Å². The Hall–Kier alpha value is -2.93. The first-order valence-electron chi connectivity index (χ1n) is 11.6. The number of rotatable bonds is 10. The number of methoxy groups -OCH3 is 2. The number of hydrogen-bond donors (Lipinski definition) is 1. The number of carbonyl (C=O) groups is 2. The summed E-state index contributed by atoms with van der Waals surface area (Å²) in [6, 6.07) is 11.8. The molecule has 1 aliphatic rings. The van der Waals surface area contributed by atoms with E-state index in [-0.39, 0.29) is 31.0 Å². The summed E-state index contributed by atoms with van der Waals surface area (Å²) in [6.07, 6.45) is 5.38. The van der Waals surface area contributed by atoms with Crippen molar-refractivity contribution < 1.29 is 23.8 Å². The summed E-state index contributed by atoms with van der Waals surface area (Å²) in [5.74, 6) is 1.07. The topological polar surface area (TPSA) is 77.1 Å². The van der Waals surface area contributed by atoms with E-state index in [2.05, 4.69) is 5.32 Å². The molecule has 2 aromatic carbocycles. The van der Waals surface area contributed by atoms with E-state index in [1.165, 1.54) is 11.3 Å². The lowest BCUT2D eigenvalue weighted by Gasteiger charge is -2.31. The Balaban J connectivity index is 1.73. The van der Waals surface area contributed by atoms with Crippen molar-refractivity contribution in [3.63, 3.8) is 0 Å². The molecule has 7 nitrogen and oxygen atoms in total. The van der Waals surface area contributed by atoms with Gasteiger partial charge in [0, 0.05) is 35.8 Å². The van der Waals surface area contributed by atoms with E-state index in [4.69, 9.17) is 25.8 Å². The predicted octanol–water partition coefficient (Wildman–Crippen LogP) is 4.60. The van der Waals surface area contributed by atoms with Crippen LogP contribution < -0.4 is 19.5 Å². The predicted molar refractivity (Wildman–Crippen MR) is 132 cm³/mol. The fourth-order valence-corrected chi connectivity index (χ4v) is 4.29. The van der Waals surface area contributed by atoms with Crippen LogP contribution >= 0.6 is 11.6 Å². The molecule has 3 rings (SSSR count). The highest BCUT2D eigenvalue weighted by atomic mass is 35.5. The minimum absolute atomic E-state index is 0.160. The molecule has 0 heterocycles. The van der Waals surface area contributed by atoms with Crippen molar-refractivity contribution in [3.8, 4) is 17.2 Å². The summed E-state index contributed by atoms with van der Waals surface area (Å²) >= 11 is 6.15. The summed E-state index contributed by atoms with van der Waals surface area (Å²) in [5.41, 5.74) is 0.834. The number of ether oxygens (including phenoxy) is 3. The van der Waals surface area contributed by atoms with Gasteiger partial charge in [-0.25, -0.2) is 0 Å². The molecule has 184 valence electrons. The maximum atomic E-state index is 13.3. The van der Waals surface area contributed by atoms with Gasteiger partial charge in [0.15, 0.2) is 6.61 Å². The molecule has 1 aliphatic carbocycles. The maximum absolute atomic E-state index is 13.3. The smallest absolute Gasteiger partial charge is 0.261 e. The van der Waals surface area contributed by atoms with Crippen molar-refractivity contribution in [2.45, 2.75) is 57.7 Å². The second-order valence-electron chi connectivity index (χ2n) is 8.51. The quantitative estimate of drug-likeness (QED) is 0.528. The molecule has 34 heavy (non-hydrogen) atoms. The molecule has 2 amide bonds. The van der Waals surface area contributed by atoms with Crippen LogP contribution in [-0.4, -0.2) is 49.6 Å². The van der Waals surface area contributed by atoms with E-state index < -0.39 is 6.04 Å². The van der Waals surface area contributed by atoms with Crippen molar-refractivity contribution in [1.29, 1.82) is 0 Å². The fourth-order valence-electron chi connectivity index (χ4n) is 4.08. The standard InChI is InChI=1S/C26H33ClN2O5/c1-18(26(31)28-21-10-5-4-6-11-21)29(16-19-8-7-9-20(27)12-19)25(30)17-34-24-14-22(32-2)13-23(15-24)33-3/h7-9,12-15,18,21H,4-6,10-11,16-17H2,1-3H3,(H,28,31)/t18-/m0/s1. The van der Waals surface area contributed by atoms with Gasteiger partial charge in [0.1, 0.15) is 23.3 Å². The average molecular weight is 489 g/mol. The molecule has 0 bridgehead atoms. The van der Waals surface area contributed by atoms with Gasteiger partial charge in [-0.15, -0.1) is 0 Å². The summed E-state index contributed by atoms with van der Waals surface area (Å²) in [4.78, 5) is 27.9. The lowest BCUT2D eigenvalue weighted by atomic mass is 9.95. The fraction of sp³-hybridized carbons (Fsp3) is 0.462. The van der Waals surface area contributed by atoms with Crippen LogP contribution in [0.1, 0.15) is 44.6 Å². The normalized spacial score (nSPS) is 14.7. The zero-order valence-corrected chi connectivity index (χ0v) is 20.8. The van der Waals surface area contributed by atoms with E-state index in [0.29, 0.717) is 22.3 Å². The number of hydrogen-bond acceptors (Lipinski definition) is 5. The van der Waals surface area contributed by atoms with Crippen LogP contribution in [-0.2, 0) is 16.1 Å². The molecule has 0 spiro atoms. The van der Waals surface area contributed by atoms with Gasteiger partial charge >= 0.3 is 0 Å². The Labute approximate surface area is 206 Å². The van der Waals surface area contributed by atoms with Gasteiger partial charge in [-0.3, -0.25) is 9.59 Å². The first-order chi connectivity index (χ1) is 16.4. The molecule has 0 saturated heterocycles. The van der Waals surface area contributed by atoms with Crippen LogP contribution in [0.4, 0.5) is 0 Å². The number of amides is 2. The minimum atomic E-state index is -0.670. The Morgan fingerprint density at radius 2 is 1.68 bits per heavy atom. The second kappa shape index (κ2) is 12.5. The molecule has 1 saturated carbocycles. The van der Waals surface area contributed by atoms with Crippen molar-refractivity contribution in [3.05, 3.63) is 53.1 Å². The van der Waals surface area contributed by atoms with Crippen molar-refractivity contribution in [2.75, 3.05) is 20.8 Å². The summed E-state index contributed by atoms with van der Waals surface area (Å²) in [7, 11) is 3.09. The van der Waals surface area contributed by atoms with Gasteiger partial charge in [-0.05, 0) is 37.5 Å². The minimum Gasteiger partial charge on any atom is -0.496 e. The second-order valence-corrected chi connectivity index (χ2v) is 8.94. The van der Waals surface area contributed by atoms with E-state index in [0.717, 1.165) is 31.2 Å². The third-order valence-corrected chi connectivity index (χ3v) is 6.28. The Kier molecular flexibility index (Phi) is 9.45. The largest absolute Gasteiger partial charge is 0.496 e. The molecular formula is C26H33ClN2O5. The van der Waals surface area contributed by atoms with Gasteiger partial charge in [0.25, 0.3) is 5.91 Å². The van der Waals surface area contributed by atoms with Crippen molar-refractivity contribution in [2.24, 2.45) is 0 Å². The van der Waals surface area contributed by atoms with Crippen LogP contribution in [0.25, 0.3) is 0 Å². The van der Waals surface area contributed by atoms with Gasteiger partial charge in [0.05, 0.1) is 14.2 Å². The number of nitrogens with one attached hydrogen (secondary N) is 1. The van der Waals surface area contributed by atoms with Crippen molar-refractivity contribution in [1.82, 2.24) is 10.2 Å². The first-order valence-corrected chi connectivity index (χ1v) is 12.0. The average Bonchev–Trinajstić information content (AvgIpc) is 2.85.